The van der Waals surface area contributed by atoms with Gasteiger partial charge in [0.15, 0.2) is 6.61 Å². The third-order valence-electron chi connectivity index (χ3n) is 4.25. The van der Waals surface area contributed by atoms with Gasteiger partial charge in [0.1, 0.15) is 11.5 Å². The highest BCUT2D eigenvalue weighted by Gasteiger charge is 2.18. The number of hydrogen-bond donors (Lipinski definition) is 1. The first-order valence-corrected chi connectivity index (χ1v) is 8.81. The van der Waals surface area contributed by atoms with E-state index in [1.54, 1.807) is 31.4 Å². The van der Waals surface area contributed by atoms with Crippen LogP contribution in [0.15, 0.2) is 24.3 Å². The highest BCUT2D eigenvalue weighted by atomic mass is 16.5. The van der Waals surface area contributed by atoms with E-state index in [4.69, 9.17) is 14.2 Å². The molecule has 1 amide bonds. The molecule has 1 saturated heterocycles. The summed E-state index contributed by atoms with van der Waals surface area (Å²) in [5.74, 6) is 1.73. The fraction of sp³-hybridized carbons (Fsp3) is 0.421. The summed E-state index contributed by atoms with van der Waals surface area (Å²) in [6.07, 6.45) is 0. The first-order chi connectivity index (χ1) is 13.1. The molecular weight excluding hydrogens is 348 g/mol. The van der Waals surface area contributed by atoms with E-state index in [-0.39, 0.29) is 12.5 Å². The highest BCUT2D eigenvalue weighted by molar-refractivity contribution is 5.93. The van der Waals surface area contributed by atoms with E-state index in [1.165, 1.54) is 0 Å². The molecule has 27 heavy (non-hydrogen) atoms. The summed E-state index contributed by atoms with van der Waals surface area (Å²) in [6.45, 7) is 6.49. The number of benzene rings is 1. The van der Waals surface area contributed by atoms with Crippen LogP contribution in [0.25, 0.3) is 0 Å². The average molecular weight is 372 g/mol. The van der Waals surface area contributed by atoms with Gasteiger partial charge in [-0.1, -0.05) is 0 Å². The molecule has 0 atom stereocenters. The van der Waals surface area contributed by atoms with Gasteiger partial charge >= 0.3 is 0 Å². The molecule has 0 unspecified atom stereocenters. The summed E-state index contributed by atoms with van der Waals surface area (Å²) in [5, 5.41) is 2.84. The molecule has 1 aromatic heterocycles. The standard InChI is InChI=1S/C19H24N4O4/c1-13-18(14(2)21-19(20-13)23-8-10-26-11-9-23)22-17(24)12-27-16-6-4-15(25-3)5-7-16/h4-7H,8-12H2,1-3H3,(H,22,24). The third kappa shape index (κ3) is 4.85. The molecule has 1 aliphatic heterocycles. The molecule has 1 N–H and O–H groups in total. The van der Waals surface area contributed by atoms with Crippen molar-refractivity contribution in [3.05, 3.63) is 35.7 Å². The molecule has 8 heteroatoms. The molecule has 1 aromatic carbocycles. The predicted molar refractivity (Wildman–Crippen MR) is 102 cm³/mol. The zero-order valence-electron chi connectivity index (χ0n) is 15.8. The quantitative estimate of drug-likeness (QED) is 0.829. The van der Waals surface area contributed by atoms with E-state index in [0.29, 0.717) is 30.6 Å². The van der Waals surface area contributed by atoms with Crippen LogP contribution in [0.3, 0.4) is 0 Å². The molecule has 0 aliphatic carbocycles. The normalized spacial score (nSPS) is 14.0. The summed E-state index contributed by atoms with van der Waals surface area (Å²) in [7, 11) is 1.60. The highest BCUT2D eigenvalue weighted by Crippen LogP contribution is 2.21. The maximum absolute atomic E-state index is 12.3. The second kappa shape index (κ2) is 8.68. The van der Waals surface area contributed by atoms with Crippen LogP contribution in [0, 0.1) is 13.8 Å². The fourth-order valence-electron chi connectivity index (χ4n) is 2.78. The second-order valence-corrected chi connectivity index (χ2v) is 6.18. The molecule has 2 heterocycles. The number of carbonyl (C=O) groups excluding carboxylic acids is 1. The summed E-state index contributed by atoms with van der Waals surface area (Å²) in [5.41, 5.74) is 2.07. The first kappa shape index (κ1) is 18.9. The van der Waals surface area contributed by atoms with Crippen molar-refractivity contribution in [3.8, 4) is 11.5 Å². The van der Waals surface area contributed by atoms with Gasteiger partial charge in [0.25, 0.3) is 5.91 Å². The van der Waals surface area contributed by atoms with Gasteiger partial charge in [0.2, 0.25) is 5.95 Å². The number of carbonyl (C=O) groups is 1. The Morgan fingerprint density at radius 1 is 1.11 bits per heavy atom. The van der Waals surface area contributed by atoms with Crippen molar-refractivity contribution in [2.75, 3.05) is 50.2 Å². The van der Waals surface area contributed by atoms with Crippen LogP contribution in [-0.4, -0.2) is 55.9 Å². The smallest absolute Gasteiger partial charge is 0.262 e. The van der Waals surface area contributed by atoms with Crippen molar-refractivity contribution in [1.82, 2.24) is 9.97 Å². The zero-order valence-corrected chi connectivity index (χ0v) is 15.8. The number of amides is 1. The van der Waals surface area contributed by atoms with Crippen LogP contribution in [0.2, 0.25) is 0 Å². The van der Waals surface area contributed by atoms with Crippen molar-refractivity contribution < 1.29 is 19.0 Å². The molecule has 0 spiro atoms. The Kier molecular flexibility index (Phi) is 6.08. The monoisotopic (exact) mass is 372 g/mol. The van der Waals surface area contributed by atoms with E-state index in [0.717, 1.165) is 30.2 Å². The van der Waals surface area contributed by atoms with Crippen LogP contribution >= 0.6 is 0 Å². The van der Waals surface area contributed by atoms with Gasteiger partial charge in [-0.2, -0.15) is 0 Å². The van der Waals surface area contributed by atoms with Crippen molar-refractivity contribution in [2.24, 2.45) is 0 Å². The Hall–Kier alpha value is -2.87. The number of rotatable bonds is 6. The molecule has 1 fully saturated rings. The SMILES string of the molecule is COc1ccc(OCC(=O)Nc2c(C)nc(N3CCOCC3)nc2C)cc1. The minimum Gasteiger partial charge on any atom is -0.497 e. The summed E-state index contributed by atoms with van der Waals surface area (Å²) in [6, 6.07) is 7.06. The Labute approximate surface area is 158 Å². The van der Waals surface area contributed by atoms with Crippen molar-refractivity contribution in [1.29, 1.82) is 0 Å². The van der Waals surface area contributed by atoms with Gasteiger partial charge in [0.05, 0.1) is 37.4 Å². The number of anilines is 2. The average Bonchev–Trinajstić information content (AvgIpc) is 2.70. The Balaban J connectivity index is 1.61. The predicted octanol–water partition coefficient (Wildman–Crippen LogP) is 1.96. The number of nitrogens with zero attached hydrogens (tertiary/aromatic N) is 3. The molecular formula is C19H24N4O4. The Morgan fingerprint density at radius 2 is 1.70 bits per heavy atom. The third-order valence-corrected chi connectivity index (χ3v) is 4.25. The van der Waals surface area contributed by atoms with E-state index in [9.17, 15) is 4.79 Å². The number of ether oxygens (including phenoxy) is 3. The summed E-state index contributed by atoms with van der Waals surface area (Å²) < 4.78 is 16.0. The summed E-state index contributed by atoms with van der Waals surface area (Å²) in [4.78, 5) is 23.4. The second-order valence-electron chi connectivity index (χ2n) is 6.18. The van der Waals surface area contributed by atoms with Crippen LogP contribution in [-0.2, 0) is 9.53 Å². The number of hydrogen-bond acceptors (Lipinski definition) is 7. The van der Waals surface area contributed by atoms with E-state index < -0.39 is 0 Å². The Bertz CT molecular complexity index is 766. The minimum atomic E-state index is -0.264. The van der Waals surface area contributed by atoms with Crippen molar-refractivity contribution in [2.45, 2.75) is 13.8 Å². The zero-order chi connectivity index (χ0) is 19.2. The lowest BCUT2D eigenvalue weighted by molar-refractivity contribution is -0.118. The van der Waals surface area contributed by atoms with E-state index in [2.05, 4.69) is 20.2 Å². The number of aromatic nitrogens is 2. The van der Waals surface area contributed by atoms with Crippen LogP contribution in [0.1, 0.15) is 11.4 Å². The molecule has 3 rings (SSSR count). The number of aryl methyl sites for hydroxylation is 2. The van der Waals surface area contributed by atoms with E-state index in [1.807, 2.05) is 13.8 Å². The largest absolute Gasteiger partial charge is 0.497 e. The van der Waals surface area contributed by atoms with Crippen LogP contribution in [0.5, 0.6) is 11.5 Å². The fourth-order valence-corrected chi connectivity index (χ4v) is 2.78. The molecule has 0 saturated carbocycles. The molecule has 144 valence electrons. The van der Waals surface area contributed by atoms with Gasteiger partial charge in [0, 0.05) is 13.1 Å². The molecule has 0 bridgehead atoms. The molecule has 2 aromatic rings. The van der Waals surface area contributed by atoms with Crippen LogP contribution in [0.4, 0.5) is 11.6 Å². The topological polar surface area (TPSA) is 85.8 Å². The minimum absolute atomic E-state index is 0.101. The maximum Gasteiger partial charge on any atom is 0.262 e. The number of nitrogens with one attached hydrogen (secondary N) is 1. The molecule has 1 aliphatic rings. The molecule has 0 radical (unpaired) electrons. The number of methoxy groups -OCH3 is 1. The van der Waals surface area contributed by atoms with Gasteiger partial charge in [-0.05, 0) is 38.1 Å². The van der Waals surface area contributed by atoms with Gasteiger partial charge < -0.3 is 24.4 Å². The summed E-state index contributed by atoms with van der Waals surface area (Å²) >= 11 is 0. The lowest BCUT2D eigenvalue weighted by Crippen LogP contribution is -2.37. The lowest BCUT2D eigenvalue weighted by Gasteiger charge is -2.27. The van der Waals surface area contributed by atoms with Crippen molar-refractivity contribution >= 4 is 17.5 Å². The number of morpholine rings is 1. The van der Waals surface area contributed by atoms with E-state index >= 15 is 0 Å². The van der Waals surface area contributed by atoms with Crippen LogP contribution < -0.4 is 19.7 Å². The van der Waals surface area contributed by atoms with Gasteiger partial charge in [-0.25, -0.2) is 9.97 Å². The molecule has 8 nitrogen and oxygen atoms in total. The maximum atomic E-state index is 12.3. The Morgan fingerprint density at radius 3 is 2.30 bits per heavy atom. The van der Waals surface area contributed by atoms with Gasteiger partial charge in [-0.15, -0.1) is 0 Å². The lowest BCUT2D eigenvalue weighted by atomic mass is 10.2. The van der Waals surface area contributed by atoms with Crippen molar-refractivity contribution in [3.63, 3.8) is 0 Å². The van der Waals surface area contributed by atoms with Gasteiger partial charge in [-0.3, -0.25) is 4.79 Å². The first-order valence-electron chi connectivity index (χ1n) is 8.81.